The molecule has 0 aliphatic rings. The third-order valence-electron chi connectivity index (χ3n) is 2.01. The molecule has 0 atom stereocenters. The summed E-state index contributed by atoms with van der Waals surface area (Å²) < 4.78 is 0. The van der Waals surface area contributed by atoms with Crippen LogP contribution in [0.4, 0.5) is 10.8 Å². The van der Waals surface area contributed by atoms with Crippen molar-refractivity contribution in [3.05, 3.63) is 35.3 Å². The zero-order valence-electron chi connectivity index (χ0n) is 8.74. The van der Waals surface area contributed by atoms with Gasteiger partial charge in [-0.25, -0.2) is 4.98 Å². The standard InChI is InChI=1S/C11H11ClN2S2/c1-15-10-4-2-3-8(5-10)13-11-14-9(6-12)7-16-11/h2-5,7H,6H2,1H3,(H,13,14). The lowest BCUT2D eigenvalue weighted by Crippen LogP contribution is -1.89. The Morgan fingerprint density at radius 1 is 1.50 bits per heavy atom. The average Bonchev–Trinajstić information content (AvgIpc) is 2.77. The maximum absolute atomic E-state index is 5.70. The van der Waals surface area contributed by atoms with E-state index < -0.39 is 0 Å². The highest BCUT2D eigenvalue weighted by Gasteiger charge is 2.01. The topological polar surface area (TPSA) is 24.9 Å². The van der Waals surface area contributed by atoms with Gasteiger partial charge in [0.05, 0.1) is 11.6 Å². The van der Waals surface area contributed by atoms with Crippen molar-refractivity contribution in [3.8, 4) is 0 Å². The van der Waals surface area contributed by atoms with E-state index in [1.54, 1.807) is 23.1 Å². The Morgan fingerprint density at radius 2 is 2.38 bits per heavy atom. The second-order valence-electron chi connectivity index (χ2n) is 3.13. The predicted octanol–water partition coefficient (Wildman–Crippen LogP) is 4.35. The van der Waals surface area contributed by atoms with Crippen molar-refractivity contribution in [3.63, 3.8) is 0 Å². The Kier molecular flexibility index (Phi) is 4.09. The van der Waals surface area contributed by atoms with Crippen molar-refractivity contribution in [2.75, 3.05) is 11.6 Å². The van der Waals surface area contributed by atoms with Crippen LogP contribution in [-0.4, -0.2) is 11.2 Å². The van der Waals surface area contributed by atoms with Gasteiger partial charge in [0.2, 0.25) is 0 Å². The fraction of sp³-hybridized carbons (Fsp3) is 0.182. The molecule has 2 rings (SSSR count). The molecule has 0 aliphatic carbocycles. The number of hydrogen-bond acceptors (Lipinski definition) is 4. The number of hydrogen-bond donors (Lipinski definition) is 1. The molecular formula is C11H11ClN2S2. The van der Waals surface area contributed by atoms with Gasteiger partial charge >= 0.3 is 0 Å². The van der Waals surface area contributed by atoms with Crippen molar-refractivity contribution in [2.45, 2.75) is 10.8 Å². The molecule has 5 heteroatoms. The lowest BCUT2D eigenvalue weighted by Gasteiger charge is -2.03. The summed E-state index contributed by atoms with van der Waals surface area (Å²) >= 11 is 9.00. The van der Waals surface area contributed by atoms with E-state index in [9.17, 15) is 0 Å². The predicted molar refractivity (Wildman–Crippen MR) is 73.2 cm³/mol. The molecule has 0 bridgehead atoms. The summed E-state index contributed by atoms with van der Waals surface area (Å²) in [5.41, 5.74) is 1.97. The molecule has 84 valence electrons. The van der Waals surface area contributed by atoms with Gasteiger partial charge in [0.25, 0.3) is 0 Å². The number of anilines is 2. The number of aromatic nitrogens is 1. The minimum absolute atomic E-state index is 0.461. The molecule has 0 radical (unpaired) electrons. The fourth-order valence-electron chi connectivity index (χ4n) is 1.25. The van der Waals surface area contributed by atoms with Crippen LogP contribution in [0.25, 0.3) is 0 Å². The van der Waals surface area contributed by atoms with Crippen molar-refractivity contribution in [1.82, 2.24) is 4.98 Å². The van der Waals surface area contributed by atoms with Crippen LogP contribution in [0, 0.1) is 0 Å². The number of benzene rings is 1. The van der Waals surface area contributed by atoms with Crippen LogP contribution in [0.2, 0.25) is 0 Å². The maximum Gasteiger partial charge on any atom is 0.187 e. The first-order valence-electron chi connectivity index (χ1n) is 4.73. The van der Waals surface area contributed by atoms with E-state index >= 15 is 0 Å². The number of thiazole rings is 1. The van der Waals surface area contributed by atoms with E-state index in [0.717, 1.165) is 16.5 Å². The Labute approximate surface area is 108 Å². The quantitative estimate of drug-likeness (QED) is 0.661. The van der Waals surface area contributed by atoms with Crippen molar-refractivity contribution in [2.24, 2.45) is 0 Å². The second kappa shape index (κ2) is 5.57. The SMILES string of the molecule is CSc1cccc(Nc2nc(CCl)cs2)c1. The monoisotopic (exact) mass is 270 g/mol. The minimum atomic E-state index is 0.461. The summed E-state index contributed by atoms with van der Waals surface area (Å²) in [6.45, 7) is 0. The molecule has 0 fully saturated rings. The zero-order valence-corrected chi connectivity index (χ0v) is 11.1. The zero-order chi connectivity index (χ0) is 11.4. The second-order valence-corrected chi connectivity index (χ2v) is 5.14. The molecular weight excluding hydrogens is 260 g/mol. The molecule has 0 saturated heterocycles. The Balaban J connectivity index is 2.13. The molecule has 0 saturated carbocycles. The molecule has 0 aliphatic heterocycles. The highest BCUT2D eigenvalue weighted by Crippen LogP contribution is 2.24. The van der Waals surface area contributed by atoms with Gasteiger partial charge in [0.1, 0.15) is 0 Å². The van der Waals surface area contributed by atoms with Crippen LogP contribution in [0.1, 0.15) is 5.69 Å². The molecule has 0 spiro atoms. The third-order valence-corrected chi connectivity index (χ3v) is 3.82. The Bertz CT molecular complexity index is 471. The van der Waals surface area contributed by atoms with Gasteiger partial charge in [-0.1, -0.05) is 6.07 Å². The third kappa shape index (κ3) is 2.90. The van der Waals surface area contributed by atoms with Gasteiger partial charge in [-0.05, 0) is 24.5 Å². The maximum atomic E-state index is 5.70. The van der Waals surface area contributed by atoms with Crippen LogP contribution in [0.3, 0.4) is 0 Å². The molecule has 1 aromatic carbocycles. The summed E-state index contributed by atoms with van der Waals surface area (Å²) in [4.78, 5) is 5.58. The van der Waals surface area contributed by atoms with Crippen LogP contribution < -0.4 is 5.32 Å². The van der Waals surface area contributed by atoms with Crippen molar-refractivity contribution in [1.29, 1.82) is 0 Å². The first-order valence-corrected chi connectivity index (χ1v) is 7.37. The van der Waals surface area contributed by atoms with Crippen LogP contribution in [0.15, 0.2) is 34.5 Å². The molecule has 1 heterocycles. The van der Waals surface area contributed by atoms with E-state index in [4.69, 9.17) is 11.6 Å². The normalized spacial score (nSPS) is 10.4. The van der Waals surface area contributed by atoms with Gasteiger partial charge in [0, 0.05) is 16.0 Å². The smallest absolute Gasteiger partial charge is 0.187 e. The van der Waals surface area contributed by atoms with E-state index in [1.807, 2.05) is 17.5 Å². The van der Waals surface area contributed by atoms with Gasteiger partial charge in [-0.15, -0.1) is 34.7 Å². The number of alkyl halides is 1. The highest BCUT2D eigenvalue weighted by molar-refractivity contribution is 7.98. The van der Waals surface area contributed by atoms with E-state index in [1.165, 1.54) is 4.90 Å². The lowest BCUT2D eigenvalue weighted by atomic mass is 10.3. The molecule has 1 N–H and O–H groups in total. The number of thioether (sulfide) groups is 1. The largest absolute Gasteiger partial charge is 0.332 e. The van der Waals surface area contributed by atoms with Gasteiger partial charge in [-0.3, -0.25) is 0 Å². The van der Waals surface area contributed by atoms with Crippen LogP contribution in [-0.2, 0) is 5.88 Å². The first kappa shape index (κ1) is 11.8. The molecule has 2 aromatic rings. The van der Waals surface area contributed by atoms with Crippen LogP contribution in [0.5, 0.6) is 0 Å². The average molecular weight is 271 g/mol. The molecule has 0 amide bonds. The molecule has 2 nitrogen and oxygen atoms in total. The summed E-state index contributed by atoms with van der Waals surface area (Å²) in [5.74, 6) is 0.461. The fourth-order valence-corrected chi connectivity index (χ4v) is 2.67. The summed E-state index contributed by atoms with van der Waals surface area (Å²) in [6, 6.07) is 8.25. The Morgan fingerprint density at radius 3 is 3.06 bits per heavy atom. The summed E-state index contributed by atoms with van der Waals surface area (Å²) in [5, 5.41) is 6.12. The highest BCUT2D eigenvalue weighted by atomic mass is 35.5. The molecule has 1 aromatic heterocycles. The van der Waals surface area contributed by atoms with Gasteiger partial charge in [-0.2, -0.15) is 0 Å². The molecule has 0 unspecified atom stereocenters. The van der Waals surface area contributed by atoms with E-state index in [-0.39, 0.29) is 0 Å². The van der Waals surface area contributed by atoms with E-state index in [2.05, 4.69) is 28.7 Å². The summed E-state index contributed by atoms with van der Waals surface area (Å²) in [7, 11) is 0. The number of rotatable bonds is 4. The molecule has 16 heavy (non-hydrogen) atoms. The van der Waals surface area contributed by atoms with Crippen molar-refractivity contribution < 1.29 is 0 Å². The first-order chi connectivity index (χ1) is 7.81. The van der Waals surface area contributed by atoms with Crippen LogP contribution >= 0.6 is 34.7 Å². The van der Waals surface area contributed by atoms with Gasteiger partial charge in [0.15, 0.2) is 5.13 Å². The number of halogens is 1. The summed E-state index contributed by atoms with van der Waals surface area (Å²) in [6.07, 6.45) is 2.06. The number of nitrogens with zero attached hydrogens (tertiary/aromatic N) is 1. The minimum Gasteiger partial charge on any atom is -0.332 e. The number of nitrogens with one attached hydrogen (secondary N) is 1. The van der Waals surface area contributed by atoms with Crippen molar-refractivity contribution >= 4 is 45.5 Å². The van der Waals surface area contributed by atoms with Gasteiger partial charge < -0.3 is 5.32 Å². The lowest BCUT2D eigenvalue weighted by molar-refractivity contribution is 1.22. The van der Waals surface area contributed by atoms with E-state index in [0.29, 0.717) is 5.88 Å². The Hall–Kier alpha value is -0.710.